The minimum absolute atomic E-state index is 0.00871. The standard InChI is InChI=1S/C34H25Cl2N3O3S/c35-25-17-16-24(29(36)19-25)18-31(39-33(41)23-9-2-1-3-10-23)34(42)37-26-12-7-13-27(20-26)43-21-32(40)38-30-15-6-11-22-8-4-5-14-28(22)30/h1-20H,21H2,(H,37,42)(H,38,40)(H,39,41)/b31-18+. The van der Waals surface area contributed by atoms with Crippen molar-refractivity contribution in [2.45, 2.75) is 4.90 Å². The van der Waals surface area contributed by atoms with Crippen molar-refractivity contribution >= 4 is 80.9 Å². The van der Waals surface area contributed by atoms with Crippen molar-refractivity contribution in [2.75, 3.05) is 16.4 Å². The lowest BCUT2D eigenvalue weighted by molar-refractivity contribution is -0.114. The monoisotopic (exact) mass is 625 g/mol. The van der Waals surface area contributed by atoms with Crippen molar-refractivity contribution in [3.63, 3.8) is 0 Å². The lowest BCUT2D eigenvalue weighted by Crippen LogP contribution is -2.30. The number of hydrogen-bond donors (Lipinski definition) is 3. The SMILES string of the molecule is O=C(CSc1cccc(NC(=O)/C(=C\c2ccc(Cl)cc2Cl)NC(=O)c2ccccc2)c1)Nc1cccc2ccccc12. The molecule has 0 saturated carbocycles. The first-order chi connectivity index (χ1) is 20.9. The second-order valence-electron chi connectivity index (χ2n) is 9.39. The summed E-state index contributed by atoms with van der Waals surface area (Å²) in [6.45, 7) is 0. The summed E-state index contributed by atoms with van der Waals surface area (Å²) in [5.74, 6) is -0.974. The molecule has 0 radical (unpaired) electrons. The van der Waals surface area contributed by atoms with E-state index in [1.54, 1.807) is 66.7 Å². The molecule has 3 N–H and O–H groups in total. The Labute approximate surface area is 263 Å². The molecule has 5 aromatic carbocycles. The number of benzene rings is 5. The van der Waals surface area contributed by atoms with Gasteiger partial charge < -0.3 is 16.0 Å². The van der Waals surface area contributed by atoms with Crippen LogP contribution in [0.1, 0.15) is 15.9 Å². The summed E-state index contributed by atoms with van der Waals surface area (Å²) in [4.78, 5) is 39.9. The van der Waals surface area contributed by atoms with Crippen LogP contribution >= 0.6 is 35.0 Å². The van der Waals surface area contributed by atoms with Crippen molar-refractivity contribution in [3.8, 4) is 0 Å². The second-order valence-corrected chi connectivity index (χ2v) is 11.3. The molecule has 0 bridgehead atoms. The number of nitrogens with one attached hydrogen (secondary N) is 3. The highest BCUT2D eigenvalue weighted by molar-refractivity contribution is 8.00. The molecule has 9 heteroatoms. The van der Waals surface area contributed by atoms with Gasteiger partial charge in [-0.15, -0.1) is 11.8 Å². The van der Waals surface area contributed by atoms with Crippen LogP contribution in [0.25, 0.3) is 16.8 Å². The van der Waals surface area contributed by atoms with Crippen LogP contribution in [0.4, 0.5) is 11.4 Å². The maximum absolute atomic E-state index is 13.4. The summed E-state index contributed by atoms with van der Waals surface area (Å²) in [7, 11) is 0. The molecule has 0 aliphatic carbocycles. The molecule has 5 rings (SSSR count). The van der Waals surface area contributed by atoms with Gasteiger partial charge in [0, 0.05) is 37.3 Å². The number of thioether (sulfide) groups is 1. The van der Waals surface area contributed by atoms with E-state index >= 15 is 0 Å². The summed E-state index contributed by atoms with van der Waals surface area (Å²) in [5.41, 5.74) is 2.13. The minimum Gasteiger partial charge on any atom is -0.325 e. The van der Waals surface area contributed by atoms with Gasteiger partial charge in [0.25, 0.3) is 11.8 Å². The Kier molecular flexibility index (Phi) is 9.79. The Morgan fingerprint density at radius 1 is 0.744 bits per heavy atom. The predicted octanol–water partition coefficient (Wildman–Crippen LogP) is 8.29. The fraction of sp³-hybridized carbons (Fsp3) is 0.0294. The van der Waals surface area contributed by atoms with Gasteiger partial charge in [0.2, 0.25) is 5.91 Å². The highest BCUT2D eigenvalue weighted by Crippen LogP contribution is 2.26. The van der Waals surface area contributed by atoms with Gasteiger partial charge in [0.1, 0.15) is 5.70 Å². The lowest BCUT2D eigenvalue weighted by Gasteiger charge is -2.13. The minimum atomic E-state index is -0.550. The van der Waals surface area contributed by atoms with E-state index in [0.717, 1.165) is 21.4 Å². The number of rotatable bonds is 9. The predicted molar refractivity (Wildman–Crippen MR) is 177 cm³/mol. The normalized spacial score (nSPS) is 11.2. The average molecular weight is 627 g/mol. The molecule has 0 aliphatic heterocycles. The number of amides is 3. The van der Waals surface area contributed by atoms with Crippen LogP contribution in [0.5, 0.6) is 0 Å². The van der Waals surface area contributed by atoms with Crippen molar-refractivity contribution in [1.82, 2.24) is 5.32 Å². The van der Waals surface area contributed by atoms with Gasteiger partial charge in [-0.25, -0.2) is 0 Å². The fourth-order valence-corrected chi connectivity index (χ4v) is 5.47. The van der Waals surface area contributed by atoms with Crippen molar-refractivity contribution in [2.24, 2.45) is 0 Å². The molecule has 0 atom stereocenters. The lowest BCUT2D eigenvalue weighted by atomic mass is 10.1. The van der Waals surface area contributed by atoms with Gasteiger partial charge in [-0.3, -0.25) is 14.4 Å². The Morgan fingerprint density at radius 2 is 1.49 bits per heavy atom. The van der Waals surface area contributed by atoms with Crippen LogP contribution in [0.3, 0.4) is 0 Å². The third-order valence-corrected chi connectivity index (χ3v) is 7.87. The molecule has 0 heterocycles. The van der Waals surface area contributed by atoms with E-state index in [1.165, 1.54) is 17.8 Å². The quantitative estimate of drug-likeness (QED) is 0.114. The zero-order chi connectivity index (χ0) is 30.2. The topological polar surface area (TPSA) is 87.3 Å². The molecule has 0 aliphatic rings. The zero-order valence-electron chi connectivity index (χ0n) is 22.6. The summed E-state index contributed by atoms with van der Waals surface area (Å²) in [6.07, 6.45) is 1.49. The number of carbonyl (C=O) groups is 3. The summed E-state index contributed by atoms with van der Waals surface area (Å²) in [5, 5.41) is 11.3. The third-order valence-electron chi connectivity index (χ3n) is 6.32. The van der Waals surface area contributed by atoms with Gasteiger partial charge in [-0.05, 0) is 65.6 Å². The van der Waals surface area contributed by atoms with Crippen LogP contribution in [-0.2, 0) is 9.59 Å². The largest absolute Gasteiger partial charge is 0.325 e. The Hall–Kier alpha value is -4.56. The molecule has 0 spiro atoms. The molecule has 0 aromatic heterocycles. The Bertz CT molecular complexity index is 1840. The molecule has 214 valence electrons. The van der Waals surface area contributed by atoms with E-state index in [4.69, 9.17) is 23.2 Å². The molecular formula is C34H25Cl2N3O3S. The molecular weight excluding hydrogens is 601 g/mol. The van der Waals surface area contributed by atoms with E-state index in [9.17, 15) is 14.4 Å². The Morgan fingerprint density at radius 3 is 2.30 bits per heavy atom. The van der Waals surface area contributed by atoms with Gasteiger partial charge in [-0.2, -0.15) is 0 Å². The average Bonchev–Trinajstić information content (AvgIpc) is 3.01. The van der Waals surface area contributed by atoms with Crippen LogP contribution < -0.4 is 16.0 Å². The van der Waals surface area contributed by atoms with Crippen LogP contribution in [0.2, 0.25) is 10.0 Å². The van der Waals surface area contributed by atoms with Crippen LogP contribution in [0.15, 0.2) is 126 Å². The van der Waals surface area contributed by atoms with Crippen LogP contribution in [-0.4, -0.2) is 23.5 Å². The van der Waals surface area contributed by atoms with Crippen molar-refractivity contribution in [3.05, 3.63) is 142 Å². The van der Waals surface area contributed by atoms with E-state index in [2.05, 4.69) is 16.0 Å². The van der Waals surface area contributed by atoms with Crippen LogP contribution in [0, 0.1) is 0 Å². The number of hydrogen-bond acceptors (Lipinski definition) is 4. The molecule has 43 heavy (non-hydrogen) atoms. The second kappa shape index (κ2) is 14.1. The van der Waals surface area contributed by atoms with E-state index in [0.29, 0.717) is 26.9 Å². The van der Waals surface area contributed by atoms with E-state index in [1.807, 2.05) is 48.5 Å². The van der Waals surface area contributed by atoms with Gasteiger partial charge >= 0.3 is 0 Å². The molecule has 0 unspecified atom stereocenters. The van der Waals surface area contributed by atoms with E-state index in [-0.39, 0.29) is 17.4 Å². The first-order valence-electron chi connectivity index (χ1n) is 13.2. The zero-order valence-corrected chi connectivity index (χ0v) is 25.0. The summed E-state index contributed by atoms with van der Waals surface area (Å²) in [6, 6.07) is 34.2. The first kappa shape index (κ1) is 29.9. The van der Waals surface area contributed by atoms with Crippen molar-refractivity contribution in [1.29, 1.82) is 0 Å². The highest BCUT2D eigenvalue weighted by atomic mass is 35.5. The fourth-order valence-electron chi connectivity index (χ4n) is 4.25. The number of fused-ring (bicyclic) bond motifs is 1. The molecule has 0 saturated heterocycles. The third kappa shape index (κ3) is 8.05. The molecule has 3 amide bonds. The number of carbonyl (C=O) groups excluding carboxylic acids is 3. The summed E-state index contributed by atoms with van der Waals surface area (Å²) >= 11 is 13.7. The van der Waals surface area contributed by atoms with Crippen molar-refractivity contribution < 1.29 is 14.4 Å². The number of anilines is 2. The smallest absolute Gasteiger partial charge is 0.272 e. The van der Waals surface area contributed by atoms with E-state index < -0.39 is 11.8 Å². The maximum atomic E-state index is 13.4. The Balaban J connectivity index is 1.28. The van der Waals surface area contributed by atoms with Gasteiger partial charge in [0.05, 0.1) is 5.75 Å². The first-order valence-corrected chi connectivity index (χ1v) is 14.9. The highest BCUT2D eigenvalue weighted by Gasteiger charge is 2.16. The molecule has 0 fully saturated rings. The van der Waals surface area contributed by atoms with Gasteiger partial charge in [0.15, 0.2) is 0 Å². The molecule has 5 aromatic rings. The van der Waals surface area contributed by atoms with Gasteiger partial charge in [-0.1, -0.05) is 89.9 Å². The number of halogens is 2. The summed E-state index contributed by atoms with van der Waals surface area (Å²) < 4.78 is 0. The maximum Gasteiger partial charge on any atom is 0.272 e. The molecule has 6 nitrogen and oxygen atoms in total.